The molecule has 0 aromatic heterocycles. The van der Waals surface area contributed by atoms with Gasteiger partial charge >= 0.3 is 0 Å². The second-order valence-corrected chi connectivity index (χ2v) is 15.6. The topological polar surface area (TPSA) is 55.9 Å². The van der Waals surface area contributed by atoms with Crippen LogP contribution in [0.25, 0.3) is 0 Å². The van der Waals surface area contributed by atoms with Gasteiger partial charge in [0.15, 0.2) is 0 Å². The van der Waals surface area contributed by atoms with Gasteiger partial charge in [0, 0.05) is 13.1 Å². The van der Waals surface area contributed by atoms with E-state index in [1.54, 1.807) is 0 Å². The number of likely N-dealkylation sites (N-methyl/N-ethyl adjacent to an activating group) is 1. The molecule has 50 heavy (non-hydrogen) atoms. The minimum atomic E-state index is 0.263. The third-order valence-corrected chi connectivity index (χ3v) is 10.5. The zero-order chi connectivity index (χ0) is 36.6. The Bertz CT molecular complexity index is 661. The number of hydrogen-bond acceptors (Lipinski definition) is 5. The predicted molar refractivity (Wildman–Crippen MR) is 220 cm³/mol. The first kappa shape index (κ1) is 49.0. The molecular weight excluding hydrogens is 617 g/mol. The van der Waals surface area contributed by atoms with Crippen LogP contribution in [0.2, 0.25) is 0 Å². The van der Waals surface area contributed by atoms with Crippen molar-refractivity contribution >= 4 is 12.2 Å². The van der Waals surface area contributed by atoms with Crippen molar-refractivity contribution in [3.8, 4) is 0 Å². The molecule has 1 heterocycles. The third kappa shape index (κ3) is 35.4. The molecule has 0 aliphatic carbocycles. The Kier molecular flexibility index (Phi) is 40.0. The minimum Gasteiger partial charge on any atom is -0.328 e. The number of carbonyl (C=O) groups is 2. The summed E-state index contributed by atoms with van der Waals surface area (Å²) >= 11 is 0. The standard InChI is InChI=1S/C26H53NO.C18H37N3O/c1-3-5-7-9-11-13-15-17-19-21-23-27(25-26-28)24-22-20-18-16-14-12-10-8-6-4-2;1-3-4-5-6-7-8-9-10-11-12-14-20(2)16-18(22)21-15-13-19-17-21/h26H,3-25H2,1-2H3;19H,3-17H2,1-2H3. The summed E-state index contributed by atoms with van der Waals surface area (Å²) in [5.74, 6) is 0.263. The van der Waals surface area contributed by atoms with Gasteiger partial charge in [0.1, 0.15) is 6.29 Å². The van der Waals surface area contributed by atoms with E-state index >= 15 is 0 Å². The van der Waals surface area contributed by atoms with Gasteiger partial charge in [-0.2, -0.15) is 0 Å². The second-order valence-electron chi connectivity index (χ2n) is 15.6. The maximum absolute atomic E-state index is 12.0. The first-order valence-electron chi connectivity index (χ1n) is 22.4. The van der Waals surface area contributed by atoms with Crippen LogP contribution in [-0.4, -0.2) is 86.4 Å². The van der Waals surface area contributed by atoms with Crippen LogP contribution < -0.4 is 5.32 Å². The molecule has 0 aromatic carbocycles. The molecule has 1 amide bonds. The normalized spacial score (nSPS) is 13.0. The molecule has 0 atom stereocenters. The lowest BCUT2D eigenvalue weighted by Gasteiger charge is -2.20. The Balaban J connectivity index is 0.000000986. The lowest BCUT2D eigenvalue weighted by molar-refractivity contribution is -0.131. The van der Waals surface area contributed by atoms with Gasteiger partial charge in [0.05, 0.1) is 19.8 Å². The van der Waals surface area contributed by atoms with Crippen LogP contribution in [0.5, 0.6) is 0 Å². The van der Waals surface area contributed by atoms with Gasteiger partial charge in [-0.15, -0.1) is 0 Å². The van der Waals surface area contributed by atoms with Gasteiger partial charge in [-0.1, -0.05) is 194 Å². The van der Waals surface area contributed by atoms with E-state index in [4.69, 9.17) is 0 Å². The van der Waals surface area contributed by atoms with Gasteiger partial charge in [-0.25, -0.2) is 0 Å². The molecule has 1 aliphatic rings. The number of unbranched alkanes of at least 4 members (excludes halogenated alkanes) is 27. The number of nitrogens with zero attached hydrogens (tertiary/aromatic N) is 3. The number of nitrogens with one attached hydrogen (secondary N) is 1. The van der Waals surface area contributed by atoms with E-state index in [1.165, 1.54) is 193 Å². The molecule has 1 aliphatic heterocycles. The van der Waals surface area contributed by atoms with Crippen LogP contribution in [0, 0.1) is 0 Å². The van der Waals surface area contributed by atoms with Crippen molar-refractivity contribution in [2.75, 3.05) is 59.5 Å². The summed E-state index contributed by atoms with van der Waals surface area (Å²) in [7, 11) is 2.06. The minimum absolute atomic E-state index is 0.263. The highest BCUT2D eigenvalue weighted by atomic mass is 16.2. The molecule has 6 nitrogen and oxygen atoms in total. The van der Waals surface area contributed by atoms with Crippen molar-refractivity contribution in [1.29, 1.82) is 0 Å². The van der Waals surface area contributed by atoms with E-state index in [0.717, 1.165) is 45.7 Å². The van der Waals surface area contributed by atoms with E-state index in [2.05, 4.69) is 42.9 Å². The van der Waals surface area contributed by atoms with E-state index < -0.39 is 0 Å². The first-order chi connectivity index (χ1) is 24.6. The number of carbonyl (C=O) groups excluding carboxylic acids is 2. The second kappa shape index (κ2) is 40.8. The lowest BCUT2D eigenvalue weighted by atomic mass is 10.1. The average molecular weight is 707 g/mol. The van der Waals surface area contributed by atoms with E-state index in [9.17, 15) is 9.59 Å². The summed E-state index contributed by atoms with van der Waals surface area (Å²) in [6.07, 6.45) is 42.4. The Hall–Kier alpha value is -0.980. The van der Waals surface area contributed by atoms with Crippen molar-refractivity contribution in [1.82, 2.24) is 20.0 Å². The SMILES string of the molecule is CCCCCCCCCCCCN(C)CC(=O)N1CCNC1.CCCCCCCCCCCCN(CC=O)CCCCCCCCCCCC. The molecule has 0 spiro atoms. The molecule has 1 rings (SSSR count). The number of amides is 1. The number of rotatable bonds is 37. The van der Waals surface area contributed by atoms with Crippen molar-refractivity contribution < 1.29 is 9.59 Å². The lowest BCUT2D eigenvalue weighted by Crippen LogP contribution is -2.38. The van der Waals surface area contributed by atoms with E-state index in [-0.39, 0.29) is 5.91 Å². The molecule has 298 valence electrons. The Morgan fingerprint density at radius 1 is 0.540 bits per heavy atom. The highest BCUT2D eigenvalue weighted by molar-refractivity contribution is 5.78. The molecule has 0 saturated carbocycles. The van der Waals surface area contributed by atoms with Crippen LogP contribution >= 0.6 is 0 Å². The van der Waals surface area contributed by atoms with Crippen molar-refractivity contribution in [2.24, 2.45) is 0 Å². The molecule has 0 unspecified atom stereocenters. The van der Waals surface area contributed by atoms with Crippen molar-refractivity contribution in [2.45, 2.75) is 213 Å². The largest absolute Gasteiger partial charge is 0.328 e. The molecular formula is C44H90N4O2. The van der Waals surface area contributed by atoms with Gasteiger partial charge in [0.2, 0.25) is 5.91 Å². The zero-order valence-corrected chi connectivity index (χ0v) is 34.6. The smallest absolute Gasteiger partial charge is 0.237 e. The van der Waals surface area contributed by atoms with Crippen LogP contribution in [-0.2, 0) is 9.59 Å². The summed E-state index contributed by atoms with van der Waals surface area (Å²) < 4.78 is 0. The predicted octanol–water partition coefficient (Wildman–Crippen LogP) is 11.6. The molecule has 0 radical (unpaired) electrons. The zero-order valence-electron chi connectivity index (χ0n) is 34.6. The molecule has 0 bridgehead atoms. The highest BCUT2D eigenvalue weighted by Crippen LogP contribution is 2.13. The van der Waals surface area contributed by atoms with Gasteiger partial charge in [-0.3, -0.25) is 19.9 Å². The monoisotopic (exact) mass is 707 g/mol. The van der Waals surface area contributed by atoms with Crippen LogP contribution in [0.15, 0.2) is 0 Å². The first-order valence-corrected chi connectivity index (χ1v) is 22.4. The molecule has 6 heteroatoms. The molecule has 1 fully saturated rings. The van der Waals surface area contributed by atoms with Crippen LogP contribution in [0.3, 0.4) is 0 Å². The van der Waals surface area contributed by atoms with E-state index in [1.807, 2.05) is 4.90 Å². The average Bonchev–Trinajstić information content (AvgIpc) is 3.67. The third-order valence-electron chi connectivity index (χ3n) is 10.5. The van der Waals surface area contributed by atoms with Crippen molar-refractivity contribution in [3.63, 3.8) is 0 Å². The van der Waals surface area contributed by atoms with Crippen LogP contribution in [0.1, 0.15) is 213 Å². The van der Waals surface area contributed by atoms with E-state index in [0.29, 0.717) is 13.1 Å². The van der Waals surface area contributed by atoms with Gasteiger partial charge in [-0.05, 0) is 45.9 Å². The fourth-order valence-corrected chi connectivity index (χ4v) is 7.04. The summed E-state index contributed by atoms with van der Waals surface area (Å²) in [4.78, 5) is 29.4. The highest BCUT2D eigenvalue weighted by Gasteiger charge is 2.18. The molecule has 1 saturated heterocycles. The van der Waals surface area contributed by atoms with Gasteiger partial charge in [0.25, 0.3) is 0 Å². The Labute approximate surface area is 314 Å². The summed E-state index contributed by atoms with van der Waals surface area (Å²) in [5, 5.41) is 3.20. The number of hydrogen-bond donors (Lipinski definition) is 1. The number of aldehydes is 1. The van der Waals surface area contributed by atoms with Gasteiger partial charge < -0.3 is 9.69 Å². The fourth-order valence-electron chi connectivity index (χ4n) is 7.04. The maximum atomic E-state index is 12.0. The molecule has 1 N–H and O–H groups in total. The summed E-state index contributed by atoms with van der Waals surface area (Å²) in [6.45, 7) is 13.8. The van der Waals surface area contributed by atoms with Crippen molar-refractivity contribution in [3.05, 3.63) is 0 Å². The fraction of sp³-hybridized carbons (Fsp3) is 0.955. The Morgan fingerprint density at radius 3 is 1.20 bits per heavy atom. The summed E-state index contributed by atoms with van der Waals surface area (Å²) in [5.41, 5.74) is 0. The summed E-state index contributed by atoms with van der Waals surface area (Å²) in [6, 6.07) is 0. The maximum Gasteiger partial charge on any atom is 0.237 e. The molecule has 0 aromatic rings. The van der Waals surface area contributed by atoms with Crippen LogP contribution in [0.4, 0.5) is 0 Å². The quantitative estimate of drug-likeness (QED) is 0.0515. The Morgan fingerprint density at radius 2 is 0.880 bits per heavy atom.